The molecule has 0 radical (unpaired) electrons. The zero-order chi connectivity index (χ0) is 20.3. The van der Waals surface area contributed by atoms with Crippen molar-refractivity contribution in [3.05, 3.63) is 74.0 Å². The summed E-state index contributed by atoms with van der Waals surface area (Å²) in [5.74, 6) is 7.53. The number of rotatable bonds is 7. The predicted octanol–water partition coefficient (Wildman–Crippen LogP) is 4.04. The maximum absolute atomic E-state index is 11.2. The number of nitrogens with zero attached hydrogens (tertiary/aromatic N) is 4. The van der Waals surface area contributed by atoms with Gasteiger partial charge in [0.1, 0.15) is 12.4 Å². The van der Waals surface area contributed by atoms with Gasteiger partial charge in [0, 0.05) is 11.8 Å². The average Bonchev–Trinajstić information content (AvgIpc) is 3.00. The molecule has 0 spiro atoms. The first kappa shape index (κ1) is 20.0. The lowest BCUT2D eigenvalue weighted by Crippen LogP contribution is -2.16. The van der Waals surface area contributed by atoms with Crippen molar-refractivity contribution < 1.29 is 9.66 Å². The van der Waals surface area contributed by atoms with Gasteiger partial charge in [0.15, 0.2) is 5.82 Å². The van der Waals surface area contributed by atoms with Crippen molar-refractivity contribution in [2.45, 2.75) is 31.4 Å². The minimum atomic E-state index is -0.460. The molecule has 0 aliphatic rings. The van der Waals surface area contributed by atoms with E-state index in [0.717, 1.165) is 16.9 Å². The maximum Gasteiger partial charge on any atom is 0.274 e. The zero-order valence-electron chi connectivity index (χ0n) is 15.3. The van der Waals surface area contributed by atoms with E-state index in [-0.39, 0.29) is 18.0 Å². The zero-order valence-corrected chi connectivity index (χ0v) is 16.8. The number of hydrogen-bond donors (Lipinski definition) is 1. The molecule has 0 saturated heterocycles. The molecule has 28 heavy (non-hydrogen) atoms. The molecule has 0 amide bonds. The summed E-state index contributed by atoms with van der Waals surface area (Å²) in [7, 11) is 0. The first-order chi connectivity index (χ1) is 13.4. The number of nitrogen functional groups attached to an aromatic ring is 1. The Bertz CT molecular complexity index is 1000. The number of benzene rings is 2. The minimum Gasteiger partial charge on any atom is -0.485 e. The molecule has 2 aromatic carbocycles. The van der Waals surface area contributed by atoms with Crippen LogP contribution in [-0.2, 0) is 12.4 Å². The van der Waals surface area contributed by atoms with Gasteiger partial charge in [-0.05, 0) is 31.0 Å². The van der Waals surface area contributed by atoms with E-state index in [0.29, 0.717) is 21.6 Å². The third kappa shape index (κ3) is 4.20. The van der Waals surface area contributed by atoms with Crippen LogP contribution in [0.1, 0.15) is 22.5 Å². The molecule has 146 valence electrons. The van der Waals surface area contributed by atoms with E-state index in [1.807, 2.05) is 32.0 Å². The molecule has 0 unspecified atom stereocenters. The van der Waals surface area contributed by atoms with Crippen molar-refractivity contribution in [3.8, 4) is 5.75 Å². The van der Waals surface area contributed by atoms with E-state index >= 15 is 0 Å². The van der Waals surface area contributed by atoms with Gasteiger partial charge in [0.05, 0.1) is 15.5 Å². The number of nitrogens with two attached hydrogens (primary N) is 1. The lowest BCUT2D eigenvalue weighted by atomic mass is 10.1. The standard InChI is InChI=1S/C18H18ClN5O3S/c1-11-5-3-6-12(2)17(11)27-9-16-21-22-18(23(16)20)28-10-13-14(19)7-4-8-15(13)24(25)26/h3-8H,9-10,20H2,1-2H3. The van der Waals surface area contributed by atoms with Crippen LogP contribution in [0, 0.1) is 24.0 Å². The highest BCUT2D eigenvalue weighted by atomic mass is 35.5. The maximum atomic E-state index is 11.2. The second kappa shape index (κ2) is 8.49. The summed E-state index contributed by atoms with van der Waals surface area (Å²) in [6.07, 6.45) is 0. The summed E-state index contributed by atoms with van der Waals surface area (Å²) in [6, 6.07) is 10.5. The van der Waals surface area contributed by atoms with Crippen LogP contribution in [0.2, 0.25) is 5.02 Å². The number of halogens is 1. The summed E-state index contributed by atoms with van der Waals surface area (Å²) in [5.41, 5.74) is 2.41. The van der Waals surface area contributed by atoms with Crippen molar-refractivity contribution >= 4 is 29.1 Å². The van der Waals surface area contributed by atoms with Gasteiger partial charge < -0.3 is 10.6 Å². The summed E-state index contributed by atoms with van der Waals surface area (Å²) in [6.45, 7) is 4.09. The van der Waals surface area contributed by atoms with Crippen molar-refractivity contribution in [3.63, 3.8) is 0 Å². The molecule has 3 aromatic rings. The average molecular weight is 420 g/mol. The van der Waals surface area contributed by atoms with Crippen LogP contribution in [-0.4, -0.2) is 19.8 Å². The van der Waals surface area contributed by atoms with Gasteiger partial charge >= 0.3 is 0 Å². The molecule has 8 nitrogen and oxygen atoms in total. The van der Waals surface area contributed by atoms with Crippen LogP contribution in [0.15, 0.2) is 41.6 Å². The van der Waals surface area contributed by atoms with Crippen LogP contribution in [0.25, 0.3) is 0 Å². The number of thioether (sulfide) groups is 1. The van der Waals surface area contributed by atoms with E-state index in [1.165, 1.54) is 22.5 Å². The van der Waals surface area contributed by atoms with E-state index in [1.54, 1.807) is 12.1 Å². The Hall–Kier alpha value is -2.78. The molecular weight excluding hydrogens is 402 g/mol. The van der Waals surface area contributed by atoms with Gasteiger partial charge in [-0.3, -0.25) is 10.1 Å². The molecule has 0 aliphatic heterocycles. The van der Waals surface area contributed by atoms with Gasteiger partial charge in [-0.2, -0.15) is 0 Å². The largest absolute Gasteiger partial charge is 0.485 e. The Labute approximate surface area is 170 Å². The first-order valence-electron chi connectivity index (χ1n) is 8.31. The Morgan fingerprint density at radius 2 is 1.89 bits per heavy atom. The highest BCUT2D eigenvalue weighted by molar-refractivity contribution is 7.98. The number of hydrogen-bond acceptors (Lipinski definition) is 7. The van der Waals surface area contributed by atoms with Crippen molar-refractivity contribution in [2.24, 2.45) is 0 Å². The highest BCUT2D eigenvalue weighted by Gasteiger charge is 2.19. The molecular formula is C18H18ClN5O3S. The van der Waals surface area contributed by atoms with Gasteiger partial charge in [-0.25, -0.2) is 4.68 Å². The Balaban J connectivity index is 1.72. The predicted molar refractivity (Wildman–Crippen MR) is 108 cm³/mol. The lowest BCUT2D eigenvalue weighted by molar-refractivity contribution is -0.385. The molecule has 2 N–H and O–H groups in total. The normalized spacial score (nSPS) is 10.8. The number of nitro benzene ring substituents is 1. The second-order valence-electron chi connectivity index (χ2n) is 6.06. The summed E-state index contributed by atoms with van der Waals surface area (Å²) >= 11 is 7.33. The molecule has 0 fully saturated rings. The van der Waals surface area contributed by atoms with Crippen molar-refractivity contribution in [1.82, 2.24) is 14.9 Å². The lowest BCUT2D eigenvalue weighted by Gasteiger charge is -2.11. The Morgan fingerprint density at radius 1 is 1.21 bits per heavy atom. The number of aromatic nitrogens is 3. The van der Waals surface area contributed by atoms with Gasteiger partial charge in [-0.1, -0.05) is 47.6 Å². The third-order valence-electron chi connectivity index (χ3n) is 4.13. The monoisotopic (exact) mass is 419 g/mol. The number of ether oxygens (including phenoxy) is 1. The second-order valence-corrected chi connectivity index (χ2v) is 7.41. The molecule has 0 bridgehead atoms. The van der Waals surface area contributed by atoms with Crippen LogP contribution >= 0.6 is 23.4 Å². The van der Waals surface area contributed by atoms with Crippen LogP contribution in [0.4, 0.5) is 5.69 Å². The van der Waals surface area contributed by atoms with Gasteiger partial charge in [0.25, 0.3) is 5.69 Å². The van der Waals surface area contributed by atoms with Gasteiger partial charge in [-0.15, -0.1) is 10.2 Å². The van der Waals surface area contributed by atoms with E-state index < -0.39 is 4.92 Å². The molecule has 10 heteroatoms. The van der Waals surface area contributed by atoms with E-state index in [2.05, 4.69) is 10.2 Å². The van der Waals surface area contributed by atoms with E-state index in [4.69, 9.17) is 22.2 Å². The minimum absolute atomic E-state index is 0.0401. The highest BCUT2D eigenvalue weighted by Crippen LogP contribution is 2.32. The Kier molecular flexibility index (Phi) is 6.05. The molecule has 1 heterocycles. The van der Waals surface area contributed by atoms with Crippen LogP contribution in [0.3, 0.4) is 0 Å². The van der Waals surface area contributed by atoms with Crippen molar-refractivity contribution in [1.29, 1.82) is 0 Å². The van der Waals surface area contributed by atoms with Crippen LogP contribution < -0.4 is 10.6 Å². The van der Waals surface area contributed by atoms with E-state index in [9.17, 15) is 10.1 Å². The molecule has 3 rings (SSSR count). The molecule has 0 saturated carbocycles. The third-order valence-corrected chi connectivity index (χ3v) is 5.45. The quantitative estimate of drug-likeness (QED) is 0.266. The van der Waals surface area contributed by atoms with Crippen LogP contribution in [0.5, 0.6) is 5.75 Å². The molecule has 0 aliphatic carbocycles. The smallest absolute Gasteiger partial charge is 0.274 e. The number of aryl methyl sites for hydroxylation is 2. The number of para-hydroxylation sites is 1. The molecule has 0 atom stereocenters. The van der Waals surface area contributed by atoms with Gasteiger partial charge in [0.2, 0.25) is 5.16 Å². The summed E-state index contributed by atoms with van der Waals surface area (Å²) in [4.78, 5) is 10.7. The fraction of sp³-hybridized carbons (Fsp3) is 0.222. The fourth-order valence-corrected chi connectivity index (χ4v) is 3.90. The first-order valence-corrected chi connectivity index (χ1v) is 9.67. The SMILES string of the molecule is Cc1cccc(C)c1OCc1nnc(SCc2c(Cl)cccc2[N+](=O)[O-])n1N. The number of nitro groups is 1. The van der Waals surface area contributed by atoms with Crippen molar-refractivity contribution in [2.75, 3.05) is 5.84 Å². The Morgan fingerprint density at radius 3 is 2.57 bits per heavy atom. The topological polar surface area (TPSA) is 109 Å². The molecule has 1 aromatic heterocycles. The fourth-order valence-electron chi connectivity index (χ4n) is 2.67. The summed E-state index contributed by atoms with van der Waals surface area (Å²) in [5, 5.41) is 20.0. The summed E-state index contributed by atoms with van der Waals surface area (Å²) < 4.78 is 7.18.